The van der Waals surface area contributed by atoms with E-state index in [1.165, 1.54) is 6.33 Å². The summed E-state index contributed by atoms with van der Waals surface area (Å²) in [7, 11) is 0. The highest BCUT2D eigenvalue weighted by molar-refractivity contribution is 6.35. The van der Waals surface area contributed by atoms with Gasteiger partial charge in [-0.3, -0.25) is 4.79 Å². The van der Waals surface area contributed by atoms with E-state index >= 15 is 0 Å². The van der Waals surface area contributed by atoms with E-state index in [4.69, 9.17) is 22.4 Å². The third-order valence-corrected chi connectivity index (χ3v) is 6.33. The lowest BCUT2D eigenvalue weighted by Crippen LogP contribution is -2.24. The van der Waals surface area contributed by atoms with Gasteiger partial charge in [0.1, 0.15) is 23.6 Å². The third-order valence-electron chi connectivity index (χ3n) is 6.01. The molecule has 0 atom stereocenters. The van der Waals surface area contributed by atoms with E-state index in [9.17, 15) is 9.90 Å². The van der Waals surface area contributed by atoms with Crippen LogP contribution in [0.25, 0.3) is 33.1 Å². The quantitative estimate of drug-likeness (QED) is 0.418. The maximum atomic E-state index is 13.4. The van der Waals surface area contributed by atoms with Gasteiger partial charge in [-0.1, -0.05) is 35.9 Å². The van der Waals surface area contributed by atoms with Crippen LogP contribution in [0.4, 0.5) is 5.82 Å². The Morgan fingerprint density at radius 3 is 2.70 bits per heavy atom. The highest BCUT2D eigenvalue weighted by atomic mass is 35.5. The summed E-state index contributed by atoms with van der Waals surface area (Å²) in [5.74, 6) is 0.425. The molecule has 0 aliphatic heterocycles. The number of phenols is 1. The number of nitrogens with zero attached hydrogens (tertiary/aromatic N) is 5. The number of nitrogens with two attached hydrogens (primary N) is 1. The average molecular weight is 459 g/mol. The lowest BCUT2D eigenvalue weighted by molar-refractivity contribution is 0.475. The number of fused-ring (bicyclic) bond motifs is 2. The first kappa shape index (κ1) is 19.8. The molecule has 8 nitrogen and oxygen atoms in total. The summed E-state index contributed by atoms with van der Waals surface area (Å²) in [6, 6.07) is 14.4. The number of pyridine rings is 1. The van der Waals surface area contributed by atoms with Gasteiger partial charge in [0, 0.05) is 17.3 Å². The third kappa shape index (κ3) is 3.22. The number of halogens is 1. The Balaban J connectivity index is 1.57. The summed E-state index contributed by atoms with van der Waals surface area (Å²) in [4.78, 5) is 22.0. The molecule has 5 aromatic rings. The maximum Gasteiger partial charge on any atom is 0.260 e. The monoisotopic (exact) mass is 458 g/mol. The van der Waals surface area contributed by atoms with E-state index in [0.29, 0.717) is 45.1 Å². The van der Waals surface area contributed by atoms with Gasteiger partial charge < -0.3 is 15.4 Å². The van der Waals surface area contributed by atoms with Gasteiger partial charge in [0.05, 0.1) is 22.3 Å². The number of hydrogen-bond acceptors (Lipinski definition) is 6. The van der Waals surface area contributed by atoms with Crippen molar-refractivity contribution in [3.63, 3.8) is 0 Å². The average Bonchev–Trinajstić information content (AvgIpc) is 3.55. The van der Waals surface area contributed by atoms with E-state index < -0.39 is 0 Å². The molecular formula is C24H19ClN6O2. The van der Waals surface area contributed by atoms with Crippen LogP contribution in [0.5, 0.6) is 5.75 Å². The smallest absolute Gasteiger partial charge is 0.260 e. The highest BCUT2D eigenvalue weighted by Crippen LogP contribution is 2.37. The van der Waals surface area contributed by atoms with Gasteiger partial charge >= 0.3 is 0 Å². The summed E-state index contributed by atoms with van der Waals surface area (Å²) in [6.45, 7) is 0.319. The van der Waals surface area contributed by atoms with Crippen LogP contribution in [0, 0.1) is 0 Å². The van der Waals surface area contributed by atoms with Crippen LogP contribution in [0.3, 0.4) is 0 Å². The fourth-order valence-electron chi connectivity index (χ4n) is 4.39. The second kappa shape index (κ2) is 7.31. The molecule has 6 rings (SSSR count). The van der Waals surface area contributed by atoms with Crippen molar-refractivity contribution in [3.8, 4) is 17.0 Å². The minimum Gasteiger partial charge on any atom is -0.508 e. The summed E-state index contributed by atoms with van der Waals surface area (Å²) in [5.41, 5.74) is 8.77. The van der Waals surface area contributed by atoms with Crippen molar-refractivity contribution in [1.29, 1.82) is 0 Å². The second-order valence-electron chi connectivity index (χ2n) is 8.26. The van der Waals surface area contributed by atoms with Gasteiger partial charge in [0.2, 0.25) is 0 Å². The number of aromatic hydroxyl groups is 1. The van der Waals surface area contributed by atoms with E-state index in [-0.39, 0.29) is 17.4 Å². The van der Waals surface area contributed by atoms with Crippen LogP contribution >= 0.6 is 11.6 Å². The van der Waals surface area contributed by atoms with Crippen molar-refractivity contribution in [2.24, 2.45) is 0 Å². The first-order chi connectivity index (χ1) is 16.0. The summed E-state index contributed by atoms with van der Waals surface area (Å²) < 4.78 is 3.57. The van der Waals surface area contributed by atoms with Gasteiger partial charge in [0.25, 0.3) is 5.56 Å². The van der Waals surface area contributed by atoms with Crippen molar-refractivity contribution in [2.75, 3.05) is 5.73 Å². The van der Waals surface area contributed by atoms with Crippen LogP contribution in [0.15, 0.2) is 59.7 Å². The molecule has 3 N–H and O–H groups in total. The lowest BCUT2D eigenvalue weighted by Gasteiger charge is -2.15. The Morgan fingerprint density at radius 2 is 1.91 bits per heavy atom. The largest absolute Gasteiger partial charge is 0.508 e. The number of aromatic nitrogens is 5. The molecule has 1 saturated carbocycles. The first-order valence-electron chi connectivity index (χ1n) is 10.6. The fraction of sp³-hybridized carbons (Fsp3) is 0.167. The second-order valence-corrected chi connectivity index (χ2v) is 8.67. The maximum absolute atomic E-state index is 13.4. The van der Waals surface area contributed by atoms with Gasteiger partial charge in [0.15, 0.2) is 5.65 Å². The normalized spacial score (nSPS) is 13.7. The number of phenolic OH excluding ortho intramolecular Hbond substituents is 1. The molecular weight excluding hydrogens is 440 g/mol. The molecule has 2 aromatic carbocycles. The van der Waals surface area contributed by atoms with Crippen molar-refractivity contribution in [3.05, 3.63) is 75.9 Å². The molecule has 33 heavy (non-hydrogen) atoms. The number of nitrogen functional groups attached to an aromatic ring is 1. The summed E-state index contributed by atoms with van der Waals surface area (Å²) in [5, 5.41) is 17.1. The summed E-state index contributed by atoms with van der Waals surface area (Å²) in [6.07, 6.45) is 3.30. The Hall–Kier alpha value is -3.91. The van der Waals surface area contributed by atoms with Crippen LogP contribution in [0.2, 0.25) is 5.02 Å². The van der Waals surface area contributed by atoms with Gasteiger partial charge in [-0.15, -0.1) is 0 Å². The minimum absolute atomic E-state index is 0.0885. The molecule has 0 amide bonds. The number of rotatable bonds is 4. The van der Waals surface area contributed by atoms with E-state index in [0.717, 1.165) is 23.9 Å². The first-order valence-corrected chi connectivity index (χ1v) is 11.0. The topological polar surface area (TPSA) is 112 Å². The molecule has 3 aromatic heterocycles. The Labute approximate surface area is 192 Å². The zero-order chi connectivity index (χ0) is 22.7. The predicted octanol–water partition coefficient (Wildman–Crippen LogP) is 4.13. The van der Waals surface area contributed by atoms with Gasteiger partial charge in [-0.05, 0) is 42.5 Å². The molecule has 9 heteroatoms. The van der Waals surface area contributed by atoms with Crippen LogP contribution in [-0.4, -0.2) is 29.4 Å². The fourth-order valence-corrected chi connectivity index (χ4v) is 4.65. The lowest BCUT2D eigenvalue weighted by atomic mass is 10.1. The van der Waals surface area contributed by atoms with Gasteiger partial charge in [-0.25, -0.2) is 14.6 Å². The predicted molar refractivity (Wildman–Crippen MR) is 127 cm³/mol. The molecule has 1 fully saturated rings. The van der Waals surface area contributed by atoms with Crippen molar-refractivity contribution >= 4 is 39.2 Å². The molecule has 0 saturated heterocycles. The molecule has 0 unspecified atom stereocenters. The van der Waals surface area contributed by atoms with E-state index in [1.807, 2.05) is 28.8 Å². The molecule has 0 radical (unpaired) electrons. The molecule has 164 valence electrons. The molecule has 3 heterocycles. The SMILES string of the molecule is Nc1ncnc2c1c(-c1cccc(O)c1)nn2Cc1cc2cccc(Cl)c2c(=O)n1C1CC1. The van der Waals surface area contributed by atoms with Crippen LogP contribution in [0.1, 0.15) is 24.6 Å². The van der Waals surface area contributed by atoms with Crippen molar-refractivity contribution in [1.82, 2.24) is 24.3 Å². The highest BCUT2D eigenvalue weighted by Gasteiger charge is 2.29. The van der Waals surface area contributed by atoms with Crippen molar-refractivity contribution < 1.29 is 5.11 Å². The Bertz CT molecular complexity index is 1620. The number of anilines is 1. The summed E-state index contributed by atoms with van der Waals surface area (Å²) >= 11 is 6.37. The standard InChI is InChI=1S/C24H19ClN6O2/c25-18-6-2-3-13-9-16(31(15-7-8-15)24(33)19(13)18)11-30-23-20(22(26)27-12-28-23)21(29-30)14-4-1-5-17(32)10-14/h1-6,9-10,12,15,32H,7-8,11H2,(H2,26,27,28). The van der Waals surface area contributed by atoms with E-state index in [2.05, 4.69) is 9.97 Å². The van der Waals surface area contributed by atoms with E-state index in [1.54, 1.807) is 28.9 Å². The zero-order valence-electron chi connectivity index (χ0n) is 17.4. The molecule has 1 aliphatic rings. The Kier molecular flexibility index (Phi) is 4.38. The van der Waals surface area contributed by atoms with Crippen LogP contribution < -0.4 is 11.3 Å². The van der Waals surface area contributed by atoms with Crippen molar-refractivity contribution in [2.45, 2.75) is 25.4 Å². The minimum atomic E-state index is -0.0885. The zero-order valence-corrected chi connectivity index (χ0v) is 18.2. The van der Waals surface area contributed by atoms with Gasteiger partial charge in [-0.2, -0.15) is 5.10 Å². The van der Waals surface area contributed by atoms with Crippen LogP contribution in [-0.2, 0) is 6.54 Å². The molecule has 0 bridgehead atoms. The number of hydrogen-bond donors (Lipinski definition) is 2. The molecule has 1 aliphatic carbocycles. The number of benzene rings is 2. The molecule has 0 spiro atoms. The Morgan fingerprint density at radius 1 is 1.09 bits per heavy atom.